The molecule has 2 amide bonds. The van der Waals surface area contributed by atoms with Gasteiger partial charge in [-0.05, 0) is 24.8 Å². The van der Waals surface area contributed by atoms with E-state index < -0.39 is 0 Å². The van der Waals surface area contributed by atoms with Crippen LogP contribution in [0.4, 0.5) is 4.79 Å². The monoisotopic (exact) mass is 233 g/mol. The van der Waals surface area contributed by atoms with Crippen LogP contribution in [0.1, 0.15) is 24.8 Å². The molecule has 0 bridgehead atoms. The topological polar surface area (TPSA) is 67.1 Å². The van der Waals surface area contributed by atoms with Gasteiger partial charge in [0.2, 0.25) is 0 Å². The molecule has 0 saturated heterocycles. The van der Waals surface area contributed by atoms with Crippen LogP contribution in [-0.4, -0.2) is 18.1 Å². The van der Waals surface area contributed by atoms with Gasteiger partial charge in [-0.1, -0.05) is 30.3 Å². The Balaban J connectivity index is 1.67. The fourth-order valence-electron chi connectivity index (χ4n) is 1.90. The van der Waals surface area contributed by atoms with Crippen LogP contribution < -0.4 is 16.4 Å². The fraction of sp³-hybridized carbons (Fsp3) is 0.462. The first-order chi connectivity index (χ1) is 8.18. The molecule has 1 fully saturated rings. The van der Waals surface area contributed by atoms with Crippen LogP contribution in [0, 0.1) is 0 Å². The summed E-state index contributed by atoms with van der Waals surface area (Å²) in [6.45, 7) is 1.11. The zero-order valence-electron chi connectivity index (χ0n) is 9.91. The highest BCUT2D eigenvalue weighted by atomic mass is 16.2. The highest BCUT2D eigenvalue weighted by molar-refractivity contribution is 5.73. The number of hydrogen-bond donors (Lipinski definition) is 3. The second-order valence-corrected chi connectivity index (χ2v) is 4.74. The molecular weight excluding hydrogens is 214 g/mol. The van der Waals surface area contributed by atoms with E-state index in [0.717, 1.165) is 18.4 Å². The lowest BCUT2D eigenvalue weighted by atomic mass is 9.78. The van der Waals surface area contributed by atoms with Gasteiger partial charge in [-0.15, -0.1) is 0 Å². The summed E-state index contributed by atoms with van der Waals surface area (Å²) in [5.41, 5.74) is 6.94. The third-order valence-electron chi connectivity index (χ3n) is 3.25. The Morgan fingerprint density at radius 1 is 1.24 bits per heavy atom. The molecule has 0 aliphatic heterocycles. The largest absolute Gasteiger partial charge is 0.336 e. The summed E-state index contributed by atoms with van der Waals surface area (Å²) in [6.07, 6.45) is 3.18. The van der Waals surface area contributed by atoms with E-state index in [1.165, 1.54) is 6.42 Å². The van der Waals surface area contributed by atoms with E-state index in [1.807, 2.05) is 30.3 Å². The molecule has 4 N–H and O–H groups in total. The van der Waals surface area contributed by atoms with Crippen molar-refractivity contribution in [1.29, 1.82) is 0 Å². The Morgan fingerprint density at radius 3 is 2.53 bits per heavy atom. The van der Waals surface area contributed by atoms with Crippen molar-refractivity contribution < 1.29 is 4.79 Å². The SMILES string of the molecule is NC1(CNC(=O)NCc2ccccc2)CCC1. The van der Waals surface area contributed by atoms with Gasteiger partial charge in [0.1, 0.15) is 0 Å². The van der Waals surface area contributed by atoms with Gasteiger partial charge in [-0.3, -0.25) is 0 Å². The Bertz CT molecular complexity index is 374. The predicted molar refractivity (Wildman–Crippen MR) is 67.4 cm³/mol. The molecule has 4 heteroatoms. The normalized spacial score (nSPS) is 17.0. The van der Waals surface area contributed by atoms with Crippen molar-refractivity contribution in [3.05, 3.63) is 35.9 Å². The van der Waals surface area contributed by atoms with Gasteiger partial charge in [-0.2, -0.15) is 0 Å². The van der Waals surface area contributed by atoms with Crippen molar-refractivity contribution in [3.8, 4) is 0 Å². The molecule has 0 aromatic heterocycles. The van der Waals surface area contributed by atoms with E-state index in [-0.39, 0.29) is 11.6 Å². The van der Waals surface area contributed by atoms with Crippen molar-refractivity contribution in [2.45, 2.75) is 31.3 Å². The first-order valence-corrected chi connectivity index (χ1v) is 6.02. The molecule has 0 unspecified atom stereocenters. The summed E-state index contributed by atoms with van der Waals surface area (Å²) >= 11 is 0. The molecule has 1 saturated carbocycles. The van der Waals surface area contributed by atoms with Crippen molar-refractivity contribution in [1.82, 2.24) is 10.6 Å². The lowest BCUT2D eigenvalue weighted by molar-refractivity contribution is 0.217. The van der Waals surface area contributed by atoms with Gasteiger partial charge < -0.3 is 16.4 Å². The number of carbonyl (C=O) groups excluding carboxylic acids is 1. The number of amides is 2. The third kappa shape index (κ3) is 3.46. The average Bonchev–Trinajstić information content (AvgIpc) is 2.33. The highest BCUT2D eigenvalue weighted by Crippen LogP contribution is 2.27. The molecule has 4 nitrogen and oxygen atoms in total. The summed E-state index contributed by atoms with van der Waals surface area (Å²) in [5.74, 6) is 0. The van der Waals surface area contributed by atoms with E-state index in [2.05, 4.69) is 10.6 Å². The molecule has 17 heavy (non-hydrogen) atoms. The number of hydrogen-bond acceptors (Lipinski definition) is 2. The van der Waals surface area contributed by atoms with Gasteiger partial charge in [0.25, 0.3) is 0 Å². The molecule has 1 aliphatic carbocycles. The van der Waals surface area contributed by atoms with Gasteiger partial charge in [-0.25, -0.2) is 4.79 Å². The molecule has 2 rings (SSSR count). The summed E-state index contributed by atoms with van der Waals surface area (Å²) in [6, 6.07) is 9.69. The van der Waals surface area contributed by atoms with Crippen molar-refractivity contribution >= 4 is 6.03 Å². The first kappa shape index (κ1) is 11.9. The quantitative estimate of drug-likeness (QED) is 0.735. The molecule has 0 atom stereocenters. The standard InChI is InChI=1S/C13H19N3O/c14-13(7-4-8-13)10-16-12(17)15-9-11-5-2-1-3-6-11/h1-3,5-6H,4,7-10,14H2,(H2,15,16,17). The number of urea groups is 1. The Hall–Kier alpha value is -1.55. The Labute approximate surface area is 102 Å². The number of benzene rings is 1. The van der Waals surface area contributed by atoms with E-state index >= 15 is 0 Å². The van der Waals surface area contributed by atoms with Gasteiger partial charge in [0, 0.05) is 18.6 Å². The summed E-state index contributed by atoms with van der Waals surface area (Å²) < 4.78 is 0. The molecule has 1 aliphatic rings. The predicted octanol–water partition coefficient (Wildman–Crippen LogP) is 1.37. The maximum absolute atomic E-state index is 11.5. The summed E-state index contributed by atoms with van der Waals surface area (Å²) in [4.78, 5) is 11.5. The molecule has 1 aromatic rings. The highest BCUT2D eigenvalue weighted by Gasteiger charge is 2.32. The number of nitrogens with two attached hydrogens (primary N) is 1. The molecule has 1 aromatic carbocycles. The van der Waals surface area contributed by atoms with Crippen LogP contribution >= 0.6 is 0 Å². The summed E-state index contributed by atoms with van der Waals surface area (Å²) in [5, 5.41) is 5.63. The minimum absolute atomic E-state index is 0.148. The van der Waals surface area contributed by atoms with Crippen LogP contribution in [0.5, 0.6) is 0 Å². The molecule has 0 heterocycles. The lowest BCUT2D eigenvalue weighted by Gasteiger charge is -2.38. The van der Waals surface area contributed by atoms with Crippen molar-refractivity contribution in [2.75, 3.05) is 6.54 Å². The fourth-order valence-corrected chi connectivity index (χ4v) is 1.90. The van der Waals surface area contributed by atoms with Crippen LogP contribution in [0.25, 0.3) is 0 Å². The van der Waals surface area contributed by atoms with Gasteiger partial charge in [0.15, 0.2) is 0 Å². The Morgan fingerprint density at radius 2 is 1.94 bits per heavy atom. The van der Waals surface area contributed by atoms with Crippen molar-refractivity contribution in [3.63, 3.8) is 0 Å². The maximum Gasteiger partial charge on any atom is 0.315 e. The van der Waals surface area contributed by atoms with E-state index in [9.17, 15) is 4.79 Å². The van der Waals surface area contributed by atoms with Gasteiger partial charge in [0.05, 0.1) is 0 Å². The number of carbonyl (C=O) groups is 1. The van der Waals surface area contributed by atoms with E-state index in [4.69, 9.17) is 5.73 Å². The van der Waals surface area contributed by atoms with Gasteiger partial charge >= 0.3 is 6.03 Å². The average molecular weight is 233 g/mol. The molecule has 92 valence electrons. The zero-order valence-corrected chi connectivity index (χ0v) is 9.91. The summed E-state index contributed by atoms with van der Waals surface area (Å²) in [7, 11) is 0. The molecule has 0 radical (unpaired) electrons. The van der Waals surface area contributed by atoms with Crippen LogP contribution in [0.15, 0.2) is 30.3 Å². The Kier molecular flexibility index (Phi) is 3.64. The minimum atomic E-state index is -0.163. The van der Waals surface area contributed by atoms with Crippen molar-refractivity contribution in [2.24, 2.45) is 5.73 Å². The van der Waals surface area contributed by atoms with E-state index in [0.29, 0.717) is 13.1 Å². The van der Waals surface area contributed by atoms with Crippen LogP contribution in [0.3, 0.4) is 0 Å². The van der Waals surface area contributed by atoms with Crippen LogP contribution in [-0.2, 0) is 6.54 Å². The maximum atomic E-state index is 11.5. The smallest absolute Gasteiger partial charge is 0.315 e. The van der Waals surface area contributed by atoms with Crippen LogP contribution in [0.2, 0.25) is 0 Å². The second-order valence-electron chi connectivity index (χ2n) is 4.74. The third-order valence-corrected chi connectivity index (χ3v) is 3.25. The number of nitrogens with one attached hydrogen (secondary N) is 2. The molecular formula is C13H19N3O. The first-order valence-electron chi connectivity index (χ1n) is 6.02. The minimum Gasteiger partial charge on any atom is -0.336 e. The lowest BCUT2D eigenvalue weighted by Crippen LogP contribution is -2.56. The molecule has 0 spiro atoms. The second kappa shape index (κ2) is 5.19. The zero-order chi connectivity index (χ0) is 12.1. The number of rotatable bonds is 4. The van der Waals surface area contributed by atoms with E-state index in [1.54, 1.807) is 0 Å².